The summed E-state index contributed by atoms with van der Waals surface area (Å²) in [5, 5.41) is 3.90. The predicted molar refractivity (Wildman–Crippen MR) is 97.6 cm³/mol. The predicted octanol–water partition coefficient (Wildman–Crippen LogP) is 4.15. The van der Waals surface area contributed by atoms with Gasteiger partial charge in [0, 0.05) is 17.2 Å². The molecule has 3 aliphatic heterocycles. The van der Waals surface area contributed by atoms with Gasteiger partial charge in [-0.25, -0.2) is 9.78 Å². The number of anilines is 1. The SMILES string of the molecule is CCOC(=O)c1cnc(NC23CC4CC(C2)B43)c2c1C1CCC2CC1. The van der Waals surface area contributed by atoms with E-state index in [0.29, 0.717) is 23.9 Å². The number of ether oxygens (including phenoxy) is 1. The molecule has 1 saturated carbocycles. The summed E-state index contributed by atoms with van der Waals surface area (Å²) in [6.45, 7) is 3.21. The zero-order valence-electron chi connectivity index (χ0n) is 14.9. The smallest absolute Gasteiger partial charge is 0.339 e. The quantitative estimate of drug-likeness (QED) is 0.663. The maximum atomic E-state index is 12.5. The van der Waals surface area contributed by atoms with E-state index in [-0.39, 0.29) is 5.97 Å². The van der Waals surface area contributed by atoms with Gasteiger partial charge in [0.05, 0.1) is 12.2 Å². The third-order valence-corrected chi connectivity index (χ3v) is 8.08. The van der Waals surface area contributed by atoms with Crippen molar-refractivity contribution in [2.75, 3.05) is 11.9 Å². The van der Waals surface area contributed by atoms with Gasteiger partial charge < -0.3 is 10.1 Å². The molecule has 0 aromatic carbocycles. The van der Waals surface area contributed by atoms with E-state index in [9.17, 15) is 4.79 Å². The summed E-state index contributed by atoms with van der Waals surface area (Å²) in [6.07, 6.45) is 10.9. The number of fused-ring (bicyclic) bond motifs is 2. The second-order valence-corrected chi connectivity index (χ2v) is 9.09. The minimum absolute atomic E-state index is 0.185. The van der Waals surface area contributed by atoms with Crippen LogP contribution in [0.3, 0.4) is 0 Å². The molecule has 1 aromatic rings. The van der Waals surface area contributed by atoms with Crippen molar-refractivity contribution in [3.63, 3.8) is 0 Å². The number of carbonyl (C=O) groups excluding carboxylic acids is 1. The average Bonchev–Trinajstić information content (AvgIpc) is 2.62. The van der Waals surface area contributed by atoms with E-state index in [2.05, 4.69) is 5.32 Å². The fourth-order valence-electron chi connectivity index (χ4n) is 7.12. The van der Waals surface area contributed by atoms with Gasteiger partial charge in [-0.05, 0) is 62.8 Å². The van der Waals surface area contributed by atoms with Crippen LogP contribution in [0.5, 0.6) is 0 Å². The largest absolute Gasteiger partial charge is 0.462 e. The highest BCUT2D eigenvalue weighted by atomic mass is 16.5. The molecule has 5 heteroatoms. The van der Waals surface area contributed by atoms with Gasteiger partial charge in [-0.15, -0.1) is 0 Å². The van der Waals surface area contributed by atoms with Crippen LogP contribution < -0.4 is 5.32 Å². The number of nitrogens with zero attached hydrogens (tertiary/aromatic N) is 1. The Labute approximate surface area is 149 Å². The first-order chi connectivity index (χ1) is 12.2. The van der Waals surface area contributed by atoms with Crippen molar-refractivity contribution in [2.45, 2.75) is 80.8 Å². The number of nitrogens with one attached hydrogen (secondary N) is 1. The van der Waals surface area contributed by atoms with Crippen LogP contribution in [-0.2, 0) is 4.74 Å². The number of carbonyl (C=O) groups is 1. The Balaban J connectivity index is 1.41. The molecule has 4 nitrogen and oxygen atoms in total. The normalized spacial score (nSPS) is 38.7. The second kappa shape index (κ2) is 4.80. The molecule has 3 saturated heterocycles. The Kier molecular flexibility index (Phi) is 2.81. The van der Waals surface area contributed by atoms with Crippen LogP contribution in [0.4, 0.5) is 5.82 Å². The summed E-state index contributed by atoms with van der Waals surface area (Å²) in [4.78, 5) is 17.3. The molecule has 2 unspecified atom stereocenters. The van der Waals surface area contributed by atoms with Crippen molar-refractivity contribution >= 4 is 18.5 Å². The first-order valence-electron chi connectivity index (χ1n) is 10.2. The summed E-state index contributed by atoms with van der Waals surface area (Å²) >= 11 is 0. The van der Waals surface area contributed by atoms with Crippen molar-refractivity contribution in [2.24, 2.45) is 0 Å². The molecular formula is C20H25BN2O2. The lowest BCUT2D eigenvalue weighted by Crippen LogP contribution is -2.80. The monoisotopic (exact) mass is 336 g/mol. The van der Waals surface area contributed by atoms with Gasteiger partial charge in [-0.2, -0.15) is 0 Å². The van der Waals surface area contributed by atoms with Crippen LogP contribution in [0, 0.1) is 0 Å². The van der Waals surface area contributed by atoms with E-state index in [0.717, 1.165) is 29.7 Å². The van der Waals surface area contributed by atoms with Crippen molar-refractivity contribution in [1.29, 1.82) is 0 Å². The van der Waals surface area contributed by atoms with Gasteiger partial charge >= 0.3 is 5.97 Å². The van der Waals surface area contributed by atoms with Gasteiger partial charge in [0.1, 0.15) is 5.82 Å². The van der Waals surface area contributed by atoms with Gasteiger partial charge in [-0.1, -0.05) is 18.1 Å². The van der Waals surface area contributed by atoms with Crippen LogP contribution in [0.1, 0.15) is 85.2 Å². The highest BCUT2D eigenvalue weighted by Gasteiger charge is 2.74. The number of esters is 1. The Morgan fingerprint density at radius 1 is 1.24 bits per heavy atom. The minimum Gasteiger partial charge on any atom is -0.462 e. The number of rotatable bonds is 4. The van der Waals surface area contributed by atoms with Crippen LogP contribution in [-0.4, -0.2) is 29.7 Å². The molecule has 1 aromatic heterocycles. The van der Waals surface area contributed by atoms with Crippen molar-refractivity contribution < 1.29 is 9.53 Å². The van der Waals surface area contributed by atoms with Crippen LogP contribution in [0.15, 0.2) is 6.20 Å². The van der Waals surface area contributed by atoms with E-state index in [4.69, 9.17) is 9.72 Å². The molecule has 3 aliphatic carbocycles. The third kappa shape index (κ3) is 1.75. The van der Waals surface area contributed by atoms with Crippen LogP contribution in [0.2, 0.25) is 11.6 Å². The first kappa shape index (κ1) is 14.6. The second-order valence-electron chi connectivity index (χ2n) is 9.09. The molecule has 1 N–H and O–H groups in total. The van der Waals surface area contributed by atoms with Crippen molar-refractivity contribution in [1.82, 2.24) is 4.98 Å². The van der Waals surface area contributed by atoms with Gasteiger partial charge in [0.15, 0.2) is 6.71 Å². The molecule has 0 spiro atoms. The Hall–Kier alpha value is -1.52. The van der Waals surface area contributed by atoms with Gasteiger partial charge in [0.2, 0.25) is 0 Å². The topological polar surface area (TPSA) is 51.2 Å². The van der Waals surface area contributed by atoms with E-state index in [1.54, 1.807) is 6.20 Å². The third-order valence-electron chi connectivity index (χ3n) is 8.08. The zero-order valence-corrected chi connectivity index (χ0v) is 14.9. The molecule has 4 fully saturated rings. The number of aromatic nitrogens is 1. The zero-order chi connectivity index (χ0) is 16.8. The van der Waals surface area contributed by atoms with E-state index in [1.165, 1.54) is 56.1 Å². The van der Waals surface area contributed by atoms with Crippen molar-refractivity contribution in [3.8, 4) is 0 Å². The molecule has 0 radical (unpaired) electrons. The summed E-state index contributed by atoms with van der Waals surface area (Å²) in [5.74, 6) is 3.98. The molecule has 130 valence electrons. The highest BCUT2D eigenvalue weighted by molar-refractivity contribution is 6.76. The van der Waals surface area contributed by atoms with Gasteiger partial charge in [0.25, 0.3) is 0 Å². The Morgan fingerprint density at radius 2 is 1.92 bits per heavy atom. The molecule has 25 heavy (non-hydrogen) atoms. The Morgan fingerprint density at radius 3 is 2.52 bits per heavy atom. The number of hydrogen-bond acceptors (Lipinski definition) is 4. The summed E-state index contributed by atoms with van der Waals surface area (Å²) in [5.41, 5.74) is 3.72. The Bertz CT molecular complexity index is 759. The molecule has 4 heterocycles. The van der Waals surface area contributed by atoms with Crippen molar-refractivity contribution in [3.05, 3.63) is 22.9 Å². The lowest BCUT2D eigenvalue weighted by atomic mass is 8.98. The minimum atomic E-state index is -0.185. The molecule has 0 amide bonds. The molecular weight excluding hydrogens is 311 g/mol. The van der Waals surface area contributed by atoms with E-state index >= 15 is 0 Å². The van der Waals surface area contributed by atoms with Gasteiger partial charge in [-0.3, -0.25) is 0 Å². The number of hydrogen-bond donors (Lipinski definition) is 1. The van der Waals surface area contributed by atoms with Crippen LogP contribution in [0.25, 0.3) is 0 Å². The maximum absolute atomic E-state index is 12.5. The summed E-state index contributed by atoms with van der Waals surface area (Å²) in [7, 11) is 0. The molecule has 2 bridgehead atoms. The lowest BCUT2D eigenvalue weighted by Gasteiger charge is -2.74. The molecule has 7 rings (SSSR count). The standard InChI is InChI=1S/C20H25BN2O2/c1-2-25-19(24)15-10-22-18(17-12-5-3-11(4-6-12)16(15)17)23-20-8-13-7-14(9-20)21(13)20/h10-14H,2-9H2,1H3,(H,22,23). The lowest BCUT2D eigenvalue weighted by molar-refractivity contribution is 0.0522. The highest BCUT2D eigenvalue weighted by Crippen LogP contribution is 2.73. The summed E-state index contributed by atoms with van der Waals surface area (Å²) in [6, 6.07) is 0. The summed E-state index contributed by atoms with van der Waals surface area (Å²) < 4.78 is 5.32. The maximum Gasteiger partial charge on any atom is 0.339 e. The average molecular weight is 336 g/mol. The van der Waals surface area contributed by atoms with Crippen LogP contribution >= 0.6 is 0 Å². The van der Waals surface area contributed by atoms with E-state index in [1.807, 2.05) is 6.92 Å². The fraction of sp³-hybridized carbons (Fsp3) is 0.700. The fourth-order valence-corrected chi connectivity index (χ4v) is 7.12. The van der Waals surface area contributed by atoms with E-state index < -0.39 is 0 Å². The molecule has 6 aliphatic rings. The number of pyridine rings is 1. The molecule has 2 atom stereocenters. The first-order valence-corrected chi connectivity index (χ1v) is 10.2.